The van der Waals surface area contributed by atoms with Crippen LogP contribution < -0.4 is 15.8 Å². The molecule has 162 valence electrons. The first-order chi connectivity index (χ1) is 15.0. The highest BCUT2D eigenvalue weighted by atomic mass is 79.9. The molecule has 0 amide bonds. The number of benzene rings is 2. The van der Waals surface area contributed by atoms with Crippen molar-refractivity contribution in [3.63, 3.8) is 0 Å². The molecule has 4 heterocycles. The van der Waals surface area contributed by atoms with Gasteiger partial charge in [0.2, 0.25) is 0 Å². The van der Waals surface area contributed by atoms with Crippen molar-refractivity contribution >= 4 is 32.5 Å². The first-order valence-electron chi connectivity index (χ1n) is 10.8. The summed E-state index contributed by atoms with van der Waals surface area (Å²) in [4.78, 5) is 20.0. The largest absolute Gasteiger partial charge is 0.400 e. The molecule has 3 aromatic rings. The van der Waals surface area contributed by atoms with Crippen LogP contribution >= 0.6 is 15.9 Å². The van der Waals surface area contributed by atoms with E-state index in [1.54, 1.807) is 0 Å². The van der Waals surface area contributed by atoms with Gasteiger partial charge in [-0.15, -0.1) is 0 Å². The minimum atomic E-state index is -0.314. The lowest BCUT2D eigenvalue weighted by Gasteiger charge is -2.37. The van der Waals surface area contributed by atoms with Crippen LogP contribution in [0, 0.1) is 0 Å². The Balaban J connectivity index is 0.000000994. The van der Waals surface area contributed by atoms with Crippen LogP contribution in [-0.4, -0.2) is 46.9 Å². The standard InChI is InChI=1S/C23H23BrN4O.CH4O/c1-23(2)16-9-8-13(27-14-6-7-15(27)12-25-11-14)10-19(16)28-18-5-3-4-17(24)20(18)21(29)26-22(23)28;1-2/h3-5,8-10,14-15,25H,6-7,11-12H2,1-2H3;2H,1H3. The number of nitrogens with one attached hydrogen (secondary N) is 1. The normalized spacial score (nSPS) is 22.7. The van der Waals surface area contributed by atoms with Gasteiger partial charge >= 0.3 is 0 Å². The van der Waals surface area contributed by atoms with E-state index in [2.05, 4.69) is 67.7 Å². The van der Waals surface area contributed by atoms with Gasteiger partial charge in [-0.1, -0.05) is 12.1 Å². The fourth-order valence-corrected chi connectivity index (χ4v) is 6.13. The molecule has 3 aliphatic heterocycles. The molecule has 2 unspecified atom stereocenters. The lowest BCUT2D eigenvalue weighted by molar-refractivity contribution is 0.399. The van der Waals surface area contributed by atoms with Gasteiger partial charge in [0.1, 0.15) is 5.82 Å². The van der Waals surface area contributed by atoms with E-state index >= 15 is 0 Å². The van der Waals surface area contributed by atoms with Gasteiger partial charge in [0.15, 0.2) is 0 Å². The summed E-state index contributed by atoms with van der Waals surface area (Å²) < 4.78 is 3.00. The summed E-state index contributed by atoms with van der Waals surface area (Å²) in [5.74, 6) is 0.823. The summed E-state index contributed by atoms with van der Waals surface area (Å²) in [6.45, 7) is 6.43. The lowest BCUT2D eigenvalue weighted by Crippen LogP contribution is -2.52. The summed E-state index contributed by atoms with van der Waals surface area (Å²) in [5, 5.41) is 11.2. The summed E-state index contributed by atoms with van der Waals surface area (Å²) in [5.41, 5.74) is 4.09. The molecule has 2 bridgehead atoms. The van der Waals surface area contributed by atoms with Crippen LogP contribution in [0.5, 0.6) is 0 Å². The zero-order valence-electron chi connectivity index (χ0n) is 18.0. The fraction of sp³-hybridized carbons (Fsp3) is 0.417. The van der Waals surface area contributed by atoms with Gasteiger partial charge in [-0.25, -0.2) is 0 Å². The molecular formula is C24H27BrN4O2. The summed E-state index contributed by atoms with van der Waals surface area (Å²) in [6.07, 6.45) is 2.50. The minimum absolute atomic E-state index is 0.167. The molecule has 0 spiro atoms. The summed E-state index contributed by atoms with van der Waals surface area (Å²) >= 11 is 3.56. The fourth-order valence-electron chi connectivity index (χ4n) is 5.60. The zero-order valence-corrected chi connectivity index (χ0v) is 19.6. The molecular weight excluding hydrogens is 456 g/mol. The van der Waals surface area contributed by atoms with Crippen LogP contribution in [-0.2, 0) is 5.41 Å². The molecule has 0 saturated carbocycles. The Bertz CT molecular complexity index is 1220. The third-order valence-electron chi connectivity index (χ3n) is 7.00. The topological polar surface area (TPSA) is 70.4 Å². The number of nitrogens with zero attached hydrogens (tertiary/aromatic N) is 3. The van der Waals surface area contributed by atoms with Crippen molar-refractivity contribution in [2.24, 2.45) is 0 Å². The molecule has 31 heavy (non-hydrogen) atoms. The smallest absolute Gasteiger partial charge is 0.281 e. The van der Waals surface area contributed by atoms with Crippen molar-refractivity contribution in [2.45, 2.75) is 44.2 Å². The molecule has 0 radical (unpaired) electrons. The highest BCUT2D eigenvalue weighted by molar-refractivity contribution is 9.10. The second-order valence-electron chi connectivity index (χ2n) is 8.99. The maximum absolute atomic E-state index is 12.8. The van der Waals surface area contributed by atoms with Gasteiger partial charge < -0.3 is 15.3 Å². The Kier molecular flexibility index (Phi) is 4.95. The number of aliphatic hydroxyl groups is 1. The van der Waals surface area contributed by atoms with Crippen LogP contribution in [0.1, 0.15) is 38.1 Å². The Morgan fingerprint density at radius 2 is 1.84 bits per heavy atom. The molecule has 2 N–H and O–H groups in total. The first kappa shape index (κ1) is 20.7. The second kappa shape index (κ2) is 7.43. The number of rotatable bonds is 1. The molecule has 2 fully saturated rings. The molecule has 0 aliphatic carbocycles. The predicted molar refractivity (Wildman–Crippen MR) is 127 cm³/mol. The monoisotopic (exact) mass is 482 g/mol. The number of aromatic nitrogens is 2. The van der Waals surface area contributed by atoms with E-state index in [1.165, 1.54) is 24.1 Å². The third-order valence-corrected chi connectivity index (χ3v) is 7.66. The number of piperazine rings is 1. The number of hydrogen-bond donors (Lipinski definition) is 2. The van der Waals surface area contributed by atoms with Crippen molar-refractivity contribution in [2.75, 3.05) is 25.1 Å². The van der Waals surface area contributed by atoms with Crippen molar-refractivity contribution in [1.82, 2.24) is 14.9 Å². The maximum Gasteiger partial charge on any atom is 0.281 e. The third kappa shape index (κ3) is 2.90. The van der Waals surface area contributed by atoms with Gasteiger partial charge in [0, 0.05) is 42.4 Å². The minimum Gasteiger partial charge on any atom is -0.400 e. The lowest BCUT2D eigenvalue weighted by atomic mass is 9.85. The second-order valence-corrected chi connectivity index (χ2v) is 9.84. The average Bonchev–Trinajstić information content (AvgIpc) is 3.15. The molecule has 2 aromatic carbocycles. The quantitative estimate of drug-likeness (QED) is 0.556. The van der Waals surface area contributed by atoms with Crippen LogP contribution in [0.15, 0.2) is 45.7 Å². The van der Waals surface area contributed by atoms with Gasteiger partial charge in [0.25, 0.3) is 5.56 Å². The number of halogens is 1. The van der Waals surface area contributed by atoms with E-state index in [-0.39, 0.29) is 11.0 Å². The number of fused-ring (bicyclic) bond motifs is 7. The zero-order chi connectivity index (χ0) is 21.9. The number of aliphatic hydroxyl groups excluding tert-OH is 1. The Labute approximate surface area is 190 Å². The molecule has 7 heteroatoms. The van der Waals surface area contributed by atoms with Crippen molar-refractivity contribution < 1.29 is 5.11 Å². The Morgan fingerprint density at radius 1 is 1.13 bits per heavy atom. The van der Waals surface area contributed by atoms with E-state index < -0.39 is 0 Å². The number of hydrogen-bond acceptors (Lipinski definition) is 5. The van der Waals surface area contributed by atoms with E-state index in [4.69, 9.17) is 5.11 Å². The Hall–Kier alpha value is -2.22. The first-order valence-corrected chi connectivity index (χ1v) is 11.6. The van der Waals surface area contributed by atoms with Gasteiger partial charge in [-0.2, -0.15) is 4.98 Å². The molecule has 2 saturated heterocycles. The van der Waals surface area contributed by atoms with Crippen LogP contribution in [0.25, 0.3) is 16.6 Å². The predicted octanol–water partition coefficient (Wildman–Crippen LogP) is 3.34. The van der Waals surface area contributed by atoms with Gasteiger partial charge in [-0.05, 0) is 72.4 Å². The van der Waals surface area contributed by atoms with Gasteiger partial charge in [-0.3, -0.25) is 9.36 Å². The highest BCUT2D eigenvalue weighted by Gasteiger charge is 2.41. The van der Waals surface area contributed by atoms with Crippen LogP contribution in [0.4, 0.5) is 5.69 Å². The van der Waals surface area contributed by atoms with Crippen LogP contribution in [0.2, 0.25) is 0 Å². The Morgan fingerprint density at radius 3 is 2.55 bits per heavy atom. The summed E-state index contributed by atoms with van der Waals surface area (Å²) in [7, 11) is 1.00. The van der Waals surface area contributed by atoms with Crippen molar-refractivity contribution in [1.29, 1.82) is 0 Å². The van der Waals surface area contributed by atoms with Gasteiger partial charge in [0.05, 0.1) is 22.0 Å². The number of anilines is 1. The SMILES string of the molecule is CC1(C)c2ccc(N3C4CCC3CNC4)cc2-n2c1nc(=O)c1c(Br)cccc12.CO. The molecule has 2 atom stereocenters. The van der Waals surface area contributed by atoms with E-state index in [0.717, 1.165) is 41.7 Å². The van der Waals surface area contributed by atoms with Crippen molar-refractivity contribution in [3.8, 4) is 5.69 Å². The molecule has 6 rings (SSSR count). The maximum atomic E-state index is 12.8. The van der Waals surface area contributed by atoms with E-state index in [1.807, 2.05) is 18.2 Å². The highest BCUT2D eigenvalue weighted by Crippen LogP contribution is 2.45. The molecule has 6 nitrogen and oxygen atoms in total. The van der Waals surface area contributed by atoms with E-state index in [0.29, 0.717) is 17.5 Å². The molecule has 1 aromatic heterocycles. The van der Waals surface area contributed by atoms with Crippen LogP contribution in [0.3, 0.4) is 0 Å². The van der Waals surface area contributed by atoms with E-state index in [9.17, 15) is 4.79 Å². The average molecular weight is 483 g/mol. The van der Waals surface area contributed by atoms with Crippen molar-refractivity contribution in [3.05, 3.63) is 62.6 Å². The summed E-state index contributed by atoms with van der Waals surface area (Å²) in [6, 6.07) is 13.9. The molecule has 3 aliphatic rings.